The number of benzene rings is 2. The monoisotopic (exact) mass is 374 g/mol. The van der Waals surface area contributed by atoms with Crippen LogP contribution in [0.25, 0.3) is 16.6 Å². The molecule has 4 aromatic rings. The molecule has 0 aliphatic carbocycles. The molecule has 28 heavy (non-hydrogen) atoms. The van der Waals surface area contributed by atoms with Gasteiger partial charge in [-0.2, -0.15) is 5.10 Å². The molecule has 2 heterocycles. The quantitative estimate of drug-likeness (QED) is 0.576. The molecule has 0 atom stereocenters. The molecule has 4 rings (SSSR count). The highest BCUT2D eigenvalue weighted by atomic mass is 16.5. The van der Waals surface area contributed by atoms with Crippen molar-refractivity contribution in [2.24, 2.45) is 0 Å². The number of fused-ring (bicyclic) bond motifs is 1. The van der Waals surface area contributed by atoms with Crippen LogP contribution in [-0.2, 0) is 0 Å². The van der Waals surface area contributed by atoms with Crippen LogP contribution in [0.5, 0.6) is 11.5 Å². The molecule has 0 unspecified atom stereocenters. The number of nitrogens with one attached hydrogen (secondary N) is 1. The number of pyridine rings is 1. The Morgan fingerprint density at radius 1 is 1.00 bits per heavy atom. The Morgan fingerprint density at radius 3 is 2.54 bits per heavy atom. The average molecular weight is 374 g/mol. The Labute approximate surface area is 161 Å². The largest absolute Gasteiger partial charge is 0.493 e. The summed E-state index contributed by atoms with van der Waals surface area (Å²) >= 11 is 0. The Bertz CT molecular complexity index is 1130. The minimum absolute atomic E-state index is 0.301. The van der Waals surface area contributed by atoms with Crippen molar-refractivity contribution in [3.8, 4) is 17.2 Å². The summed E-state index contributed by atoms with van der Waals surface area (Å²) in [5.74, 6) is 0.667. The molecule has 0 bridgehead atoms. The molecular weight excluding hydrogens is 356 g/mol. The van der Waals surface area contributed by atoms with Gasteiger partial charge in [-0.25, -0.2) is 4.68 Å². The van der Waals surface area contributed by atoms with E-state index in [4.69, 9.17) is 9.47 Å². The summed E-state index contributed by atoms with van der Waals surface area (Å²) in [6.07, 6.45) is 5.11. The molecule has 140 valence electrons. The third-order valence-electron chi connectivity index (χ3n) is 4.38. The van der Waals surface area contributed by atoms with Gasteiger partial charge in [-0.1, -0.05) is 18.2 Å². The van der Waals surface area contributed by atoms with Gasteiger partial charge in [-0.3, -0.25) is 9.78 Å². The second-order valence-corrected chi connectivity index (χ2v) is 6.01. The molecule has 2 aromatic heterocycles. The van der Waals surface area contributed by atoms with Crippen LogP contribution < -0.4 is 14.8 Å². The summed E-state index contributed by atoms with van der Waals surface area (Å²) in [5.41, 5.74) is 2.33. The molecule has 1 amide bonds. The minimum Gasteiger partial charge on any atom is -0.493 e. The van der Waals surface area contributed by atoms with E-state index < -0.39 is 0 Å². The number of ether oxygens (including phenoxy) is 2. The summed E-state index contributed by atoms with van der Waals surface area (Å²) < 4.78 is 12.4. The molecule has 0 radical (unpaired) electrons. The molecule has 0 aliphatic rings. The van der Waals surface area contributed by atoms with Gasteiger partial charge in [0, 0.05) is 30.0 Å². The first-order valence-electron chi connectivity index (χ1n) is 8.62. The zero-order chi connectivity index (χ0) is 19.5. The van der Waals surface area contributed by atoms with Crippen LogP contribution in [0, 0.1) is 0 Å². The van der Waals surface area contributed by atoms with Crippen LogP contribution in [0.4, 0.5) is 5.69 Å². The number of carbonyl (C=O) groups is 1. The van der Waals surface area contributed by atoms with E-state index in [0.717, 1.165) is 10.9 Å². The summed E-state index contributed by atoms with van der Waals surface area (Å²) in [6.45, 7) is 0. The maximum atomic E-state index is 13.2. The van der Waals surface area contributed by atoms with Crippen molar-refractivity contribution in [1.29, 1.82) is 0 Å². The Hall–Kier alpha value is -3.87. The lowest BCUT2D eigenvalue weighted by molar-refractivity contribution is 0.102. The van der Waals surface area contributed by atoms with E-state index in [9.17, 15) is 4.79 Å². The third-order valence-corrected chi connectivity index (χ3v) is 4.38. The highest BCUT2D eigenvalue weighted by molar-refractivity contribution is 6.10. The number of nitrogens with zero attached hydrogens (tertiary/aromatic N) is 3. The lowest BCUT2D eigenvalue weighted by Gasteiger charge is -2.15. The SMILES string of the molecule is COc1cc(C(=O)Nc2cccc3cccnc23)c(-n2cccn2)cc1OC. The van der Waals surface area contributed by atoms with E-state index in [1.54, 1.807) is 48.6 Å². The summed E-state index contributed by atoms with van der Waals surface area (Å²) in [4.78, 5) is 17.5. The standard InChI is InChI=1S/C21H18N4O3/c1-27-18-12-15(17(13-19(18)28-2)25-11-5-10-23-25)21(26)24-16-8-3-6-14-7-4-9-22-20(14)16/h3-13H,1-2H3,(H,24,26). The van der Waals surface area contributed by atoms with Gasteiger partial charge in [0.05, 0.1) is 36.7 Å². The van der Waals surface area contributed by atoms with Gasteiger partial charge in [0.25, 0.3) is 5.91 Å². The number of anilines is 1. The van der Waals surface area contributed by atoms with E-state index in [1.165, 1.54) is 7.11 Å². The van der Waals surface area contributed by atoms with Gasteiger partial charge in [-0.05, 0) is 24.3 Å². The summed E-state index contributed by atoms with van der Waals surface area (Å²) in [6, 6.07) is 14.6. The van der Waals surface area contributed by atoms with Gasteiger partial charge in [-0.15, -0.1) is 0 Å². The second-order valence-electron chi connectivity index (χ2n) is 6.01. The molecule has 2 aromatic carbocycles. The van der Waals surface area contributed by atoms with Gasteiger partial charge in [0.1, 0.15) is 0 Å². The third kappa shape index (κ3) is 3.14. The van der Waals surface area contributed by atoms with Crippen LogP contribution in [-0.4, -0.2) is 34.9 Å². The number of aromatic nitrogens is 3. The van der Waals surface area contributed by atoms with Crippen molar-refractivity contribution in [2.75, 3.05) is 19.5 Å². The van der Waals surface area contributed by atoms with E-state index in [-0.39, 0.29) is 5.91 Å². The van der Waals surface area contributed by atoms with Crippen molar-refractivity contribution in [2.45, 2.75) is 0 Å². The van der Waals surface area contributed by atoms with Crippen molar-refractivity contribution in [3.05, 3.63) is 72.7 Å². The lowest BCUT2D eigenvalue weighted by Crippen LogP contribution is -2.16. The zero-order valence-corrected chi connectivity index (χ0v) is 15.4. The van der Waals surface area contributed by atoms with Gasteiger partial charge >= 0.3 is 0 Å². The summed E-state index contributed by atoms with van der Waals surface area (Å²) in [5, 5.41) is 8.14. The van der Waals surface area contributed by atoms with Crippen LogP contribution in [0.1, 0.15) is 10.4 Å². The van der Waals surface area contributed by atoms with Crippen molar-refractivity contribution in [3.63, 3.8) is 0 Å². The van der Waals surface area contributed by atoms with Crippen molar-refractivity contribution >= 4 is 22.5 Å². The zero-order valence-electron chi connectivity index (χ0n) is 15.4. The van der Waals surface area contributed by atoms with Gasteiger partial charge in [0.15, 0.2) is 11.5 Å². The number of carbonyl (C=O) groups excluding carboxylic acids is 1. The van der Waals surface area contributed by atoms with Gasteiger partial charge in [0.2, 0.25) is 0 Å². The van der Waals surface area contributed by atoms with Crippen LogP contribution >= 0.6 is 0 Å². The molecule has 7 heteroatoms. The fourth-order valence-corrected chi connectivity index (χ4v) is 3.05. The number of para-hydroxylation sites is 1. The maximum Gasteiger partial charge on any atom is 0.258 e. The minimum atomic E-state index is -0.301. The van der Waals surface area contributed by atoms with Crippen LogP contribution in [0.2, 0.25) is 0 Å². The normalized spacial score (nSPS) is 10.6. The Kier molecular flexibility index (Phi) is 4.63. The predicted octanol–water partition coefficient (Wildman–Crippen LogP) is 3.69. The maximum absolute atomic E-state index is 13.2. The van der Waals surface area contributed by atoms with Crippen molar-refractivity contribution in [1.82, 2.24) is 14.8 Å². The first-order valence-corrected chi connectivity index (χ1v) is 8.62. The predicted molar refractivity (Wildman–Crippen MR) is 106 cm³/mol. The summed E-state index contributed by atoms with van der Waals surface area (Å²) in [7, 11) is 3.08. The van der Waals surface area contributed by atoms with Gasteiger partial charge < -0.3 is 14.8 Å². The highest BCUT2D eigenvalue weighted by Gasteiger charge is 2.19. The van der Waals surface area contributed by atoms with E-state index >= 15 is 0 Å². The van der Waals surface area contributed by atoms with E-state index in [0.29, 0.717) is 28.4 Å². The molecule has 0 spiro atoms. The number of hydrogen-bond acceptors (Lipinski definition) is 5. The van der Waals surface area contributed by atoms with Crippen LogP contribution in [0.15, 0.2) is 67.1 Å². The van der Waals surface area contributed by atoms with Crippen LogP contribution in [0.3, 0.4) is 0 Å². The fourth-order valence-electron chi connectivity index (χ4n) is 3.05. The molecule has 7 nitrogen and oxygen atoms in total. The second kappa shape index (κ2) is 7.40. The smallest absolute Gasteiger partial charge is 0.258 e. The average Bonchev–Trinajstić information content (AvgIpc) is 3.27. The number of methoxy groups -OCH3 is 2. The van der Waals surface area contributed by atoms with E-state index in [1.807, 2.05) is 30.3 Å². The number of rotatable bonds is 5. The lowest BCUT2D eigenvalue weighted by atomic mass is 10.1. The molecular formula is C21H18N4O3. The van der Waals surface area contributed by atoms with Crippen molar-refractivity contribution < 1.29 is 14.3 Å². The highest BCUT2D eigenvalue weighted by Crippen LogP contribution is 2.33. The molecule has 0 saturated heterocycles. The first-order chi connectivity index (χ1) is 13.7. The van der Waals surface area contributed by atoms with E-state index in [2.05, 4.69) is 15.4 Å². The number of amides is 1. The molecule has 0 saturated carbocycles. The Morgan fingerprint density at radius 2 is 1.79 bits per heavy atom. The fraction of sp³-hybridized carbons (Fsp3) is 0.0952. The number of hydrogen-bond donors (Lipinski definition) is 1. The molecule has 0 aliphatic heterocycles. The topological polar surface area (TPSA) is 78.3 Å². The molecule has 1 N–H and O–H groups in total. The molecule has 0 fully saturated rings. The Balaban J connectivity index is 1.80. The first kappa shape index (κ1) is 17.5.